The summed E-state index contributed by atoms with van der Waals surface area (Å²) < 4.78 is 0.798. The van der Waals surface area contributed by atoms with Crippen LogP contribution in [0.2, 0.25) is 0 Å². The van der Waals surface area contributed by atoms with Gasteiger partial charge in [0.2, 0.25) is 5.91 Å². The van der Waals surface area contributed by atoms with E-state index in [1.54, 1.807) is 48.5 Å². The summed E-state index contributed by atoms with van der Waals surface area (Å²) in [6.07, 6.45) is 1.23. The lowest BCUT2D eigenvalue weighted by atomic mass is 10.1. The number of halogens is 1. The van der Waals surface area contributed by atoms with E-state index >= 15 is 0 Å². The number of azo groups is 1. The smallest absolute Gasteiger partial charge is 0.276 e. The van der Waals surface area contributed by atoms with Gasteiger partial charge in [0.15, 0.2) is 5.92 Å². The van der Waals surface area contributed by atoms with Crippen LogP contribution in [0.5, 0.6) is 0 Å². The Hall–Kier alpha value is -3.98. The van der Waals surface area contributed by atoms with Crippen molar-refractivity contribution in [3.8, 4) is 0 Å². The molecule has 0 saturated carbocycles. The molecule has 3 aromatic carbocycles. The molecule has 1 saturated heterocycles. The molecule has 0 spiro atoms. The molecule has 164 valence electrons. The van der Waals surface area contributed by atoms with E-state index in [4.69, 9.17) is 0 Å². The maximum Gasteiger partial charge on any atom is 0.335 e. The number of aryl methyl sites for hydroxylation is 1. The molecule has 0 aromatic heterocycles. The van der Waals surface area contributed by atoms with Crippen molar-refractivity contribution in [2.75, 3.05) is 4.90 Å². The minimum Gasteiger partial charge on any atom is -0.276 e. The van der Waals surface area contributed by atoms with E-state index in [1.165, 1.54) is 6.21 Å². The highest BCUT2D eigenvalue weighted by Crippen LogP contribution is 2.24. The summed E-state index contributed by atoms with van der Waals surface area (Å²) >= 11 is 3.31. The van der Waals surface area contributed by atoms with E-state index in [0.29, 0.717) is 17.1 Å². The monoisotopic (exact) mass is 503 g/mol. The number of benzene rings is 3. The third-order valence-electron chi connectivity index (χ3n) is 4.82. The van der Waals surface area contributed by atoms with Crippen molar-refractivity contribution in [3.63, 3.8) is 0 Å². The van der Waals surface area contributed by atoms with Gasteiger partial charge in [-0.1, -0.05) is 33.6 Å². The van der Waals surface area contributed by atoms with Crippen LogP contribution < -0.4 is 10.2 Å². The number of nitrogens with zero attached hydrogens (tertiary/aromatic N) is 4. The standard InChI is InChI=1S/C24H18BrN5O3/c1-15-2-6-18(7-3-15)28-29-19-10-8-17(9-11-19)26-14-21-22(31)27-24(33)30(23(21)32)20-12-4-16(25)5-13-20/h2-14,21H,1H3,(H,27,31,33)/t21-/m0/s1. The van der Waals surface area contributed by atoms with Crippen LogP contribution in [0, 0.1) is 12.8 Å². The Balaban J connectivity index is 1.47. The Morgan fingerprint density at radius 3 is 1.97 bits per heavy atom. The van der Waals surface area contributed by atoms with Crippen molar-refractivity contribution in [2.24, 2.45) is 21.1 Å². The van der Waals surface area contributed by atoms with E-state index in [1.807, 2.05) is 31.2 Å². The molecule has 1 heterocycles. The maximum absolute atomic E-state index is 12.9. The zero-order chi connectivity index (χ0) is 23.4. The Bertz CT molecular complexity index is 1250. The van der Waals surface area contributed by atoms with Gasteiger partial charge in [0.25, 0.3) is 5.91 Å². The molecule has 1 fully saturated rings. The fourth-order valence-corrected chi connectivity index (χ4v) is 3.31. The van der Waals surface area contributed by atoms with E-state index < -0.39 is 23.8 Å². The van der Waals surface area contributed by atoms with Gasteiger partial charge in [0, 0.05) is 10.7 Å². The molecule has 0 unspecified atom stereocenters. The molecule has 1 aliphatic heterocycles. The number of hydrogen-bond acceptors (Lipinski definition) is 6. The molecule has 0 aliphatic carbocycles. The average Bonchev–Trinajstić information content (AvgIpc) is 2.80. The second kappa shape index (κ2) is 9.66. The SMILES string of the molecule is Cc1ccc(N=Nc2ccc(N=C[C@H]3C(=O)NC(=O)N(c4ccc(Br)cc4)C3=O)cc2)cc1. The number of nitrogens with one attached hydrogen (secondary N) is 1. The van der Waals surface area contributed by atoms with Crippen LogP contribution in [0.15, 0.2) is 92.5 Å². The third kappa shape index (κ3) is 5.27. The van der Waals surface area contributed by atoms with Crippen molar-refractivity contribution < 1.29 is 14.4 Å². The highest BCUT2D eigenvalue weighted by atomic mass is 79.9. The Labute approximate surface area is 198 Å². The van der Waals surface area contributed by atoms with Gasteiger partial charge < -0.3 is 0 Å². The van der Waals surface area contributed by atoms with Crippen molar-refractivity contribution in [3.05, 3.63) is 82.8 Å². The molecule has 1 N–H and O–H groups in total. The lowest BCUT2D eigenvalue weighted by Gasteiger charge is -2.28. The molecule has 1 atom stereocenters. The third-order valence-corrected chi connectivity index (χ3v) is 5.35. The van der Waals surface area contributed by atoms with Crippen LogP contribution in [0.4, 0.5) is 27.5 Å². The van der Waals surface area contributed by atoms with Crippen molar-refractivity contribution in [2.45, 2.75) is 6.92 Å². The summed E-state index contributed by atoms with van der Waals surface area (Å²) in [7, 11) is 0. The van der Waals surface area contributed by atoms with Gasteiger partial charge in [-0.05, 0) is 67.6 Å². The summed E-state index contributed by atoms with van der Waals surface area (Å²) in [5, 5.41) is 10.6. The topological polar surface area (TPSA) is 104 Å². The molecule has 4 amide bonds. The molecule has 3 aromatic rings. The number of carbonyl (C=O) groups is 3. The van der Waals surface area contributed by atoms with E-state index in [2.05, 4.69) is 36.5 Å². The van der Waals surface area contributed by atoms with Crippen LogP contribution in [0.1, 0.15) is 5.56 Å². The summed E-state index contributed by atoms with van der Waals surface area (Å²) in [4.78, 5) is 42.5. The minimum absolute atomic E-state index is 0.356. The van der Waals surface area contributed by atoms with Crippen LogP contribution in [-0.4, -0.2) is 24.1 Å². The summed E-state index contributed by atoms with van der Waals surface area (Å²) in [6, 6.07) is 20.4. The second-order valence-corrected chi connectivity index (χ2v) is 8.17. The number of anilines is 1. The number of barbiturate groups is 1. The number of rotatable bonds is 5. The molecule has 9 heteroatoms. The molecule has 4 rings (SSSR count). The molecule has 1 aliphatic rings. The lowest BCUT2D eigenvalue weighted by molar-refractivity contribution is -0.131. The number of imide groups is 2. The first-order chi connectivity index (χ1) is 15.9. The van der Waals surface area contributed by atoms with Gasteiger partial charge in [-0.15, -0.1) is 0 Å². The van der Waals surface area contributed by atoms with Gasteiger partial charge in [0.05, 0.1) is 22.7 Å². The summed E-state index contributed by atoms with van der Waals surface area (Å²) in [5.74, 6) is -2.61. The van der Waals surface area contributed by atoms with Crippen molar-refractivity contribution in [1.29, 1.82) is 0 Å². The van der Waals surface area contributed by atoms with Crippen LogP contribution in [-0.2, 0) is 9.59 Å². The number of urea groups is 1. The zero-order valence-electron chi connectivity index (χ0n) is 17.5. The summed E-state index contributed by atoms with van der Waals surface area (Å²) in [5.41, 5.74) is 3.40. The quantitative estimate of drug-likeness (QED) is 0.271. The minimum atomic E-state index is -1.23. The highest BCUT2D eigenvalue weighted by Gasteiger charge is 2.40. The molecular weight excluding hydrogens is 486 g/mol. The first-order valence-corrected chi connectivity index (χ1v) is 10.8. The van der Waals surface area contributed by atoms with Gasteiger partial charge in [0.1, 0.15) is 0 Å². The molecule has 8 nitrogen and oxygen atoms in total. The van der Waals surface area contributed by atoms with Gasteiger partial charge in [-0.25, -0.2) is 9.69 Å². The second-order valence-electron chi connectivity index (χ2n) is 7.25. The number of amides is 4. The first-order valence-electron chi connectivity index (χ1n) is 9.98. The van der Waals surface area contributed by atoms with Gasteiger partial charge in [-0.3, -0.25) is 19.9 Å². The first kappa shape index (κ1) is 22.2. The van der Waals surface area contributed by atoms with Crippen molar-refractivity contribution >= 4 is 62.7 Å². The van der Waals surface area contributed by atoms with E-state index in [9.17, 15) is 14.4 Å². The Morgan fingerprint density at radius 2 is 1.36 bits per heavy atom. The summed E-state index contributed by atoms with van der Waals surface area (Å²) in [6.45, 7) is 2.00. The fourth-order valence-electron chi connectivity index (χ4n) is 3.05. The van der Waals surface area contributed by atoms with Crippen LogP contribution in [0.25, 0.3) is 0 Å². The van der Waals surface area contributed by atoms with Crippen LogP contribution in [0.3, 0.4) is 0 Å². The Morgan fingerprint density at radius 1 is 0.818 bits per heavy atom. The van der Waals surface area contributed by atoms with Gasteiger partial charge >= 0.3 is 6.03 Å². The molecule has 0 bridgehead atoms. The molecule has 0 radical (unpaired) electrons. The number of carbonyl (C=O) groups excluding carboxylic acids is 3. The fraction of sp³-hybridized carbons (Fsp3) is 0.0833. The van der Waals surface area contributed by atoms with Crippen molar-refractivity contribution in [1.82, 2.24) is 5.32 Å². The Kier molecular flexibility index (Phi) is 6.50. The number of aliphatic imine (C=N–C) groups is 1. The van der Waals surface area contributed by atoms with E-state index in [-0.39, 0.29) is 0 Å². The largest absolute Gasteiger partial charge is 0.335 e. The molecule has 33 heavy (non-hydrogen) atoms. The normalized spacial score (nSPS) is 16.6. The lowest BCUT2D eigenvalue weighted by Crippen LogP contribution is -2.58. The average molecular weight is 504 g/mol. The molecular formula is C24H18BrN5O3. The van der Waals surface area contributed by atoms with Gasteiger partial charge in [-0.2, -0.15) is 10.2 Å². The van der Waals surface area contributed by atoms with E-state index in [0.717, 1.165) is 20.6 Å². The highest BCUT2D eigenvalue weighted by molar-refractivity contribution is 9.10. The number of hydrogen-bond donors (Lipinski definition) is 1. The predicted molar refractivity (Wildman–Crippen MR) is 129 cm³/mol. The predicted octanol–water partition coefficient (Wildman–Crippen LogP) is 5.77. The maximum atomic E-state index is 12.9. The van der Waals surface area contributed by atoms with Crippen LogP contribution >= 0.6 is 15.9 Å². The zero-order valence-corrected chi connectivity index (χ0v) is 19.1.